The fourth-order valence-corrected chi connectivity index (χ4v) is 4.30. The maximum Gasteiger partial charge on any atom is 0.315 e. The van der Waals surface area contributed by atoms with Crippen LogP contribution in [0.4, 0.5) is 0 Å². The van der Waals surface area contributed by atoms with Gasteiger partial charge in [0.25, 0.3) is 0 Å². The molecule has 0 fully saturated rings. The van der Waals surface area contributed by atoms with Crippen molar-refractivity contribution >= 4 is 5.97 Å². The van der Waals surface area contributed by atoms with Crippen LogP contribution < -0.4 is 22.5 Å². The highest BCUT2D eigenvalue weighted by atomic mass is 35.5. The summed E-state index contributed by atoms with van der Waals surface area (Å²) in [7, 11) is 0. The fourth-order valence-electron chi connectivity index (χ4n) is 4.30. The average molecular weight is 470 g/mol. The molecule has 7 heteroatoms. The van der Waals surface area contributed by atoms with Crippen LogP contribution in [0.5, 0.6) is 17.2 Å². The first-order valence-electron chi connectivity index (χ1n) is 10.9. The van der Waals surface area contributed by atoms with Gasteiger partial charge in [-0.15, -0.1) is 0 Å². The van der Waals surface area contributed by atoms with Crippen LogP contribution in [0.25, 0.3) is 0 Å². The Morgan fingerprint density at radius 1 is 0.939 bits per heavy atom. The van der Waals surface area contributed by atoms with Crippen LogP contribution in [0, 0.1) is 0 Å². The molecule has 3 aromatic rings. The fraction of sp³-hybridized carbons (Fsp3) is 0.269. The zero-order valence-electron chi connectivity index (χ0n) is 18.2. The number of para-hydroxylation sites is 1. The number of aromatic hydroxyl groups is 2. The Hall–Kier alpha value is -3.22. The molecule has 2 aliphatic rings. The maximum absolute atomic E-state index is 12.1. The van der Waals surface area contributed by atoms with Crippen molar-refractivity contribution in [2.75, 3.05) is 19.7 Å². The molecule has 2 aliphatic heterocycles. The van der Waals surface area contributed by atoms with E-state index in [1.54, 1.807) is 30.3 Å². The zero-order valence-corrected chi connectivity index (χ0v) is 19.0. The molecule has 33 heavy (non-hydrogen) atoms. The summed E-state index contributed by atoms with van der Waals surface area (Å²) >= 11 is 0. The lowest BCUT2D eigenvalue weighted by atomic mass is 9.85. The van der Waals surface area contributed by atoms with Crippen molar-refractivity contribution in [3.63, 3.8) is 0 Å². The zero-order chi connectivity index (χ0) is 22.5. The van der Waals surface area contributed by atoms with E-state index < -0.39 is 11.9 Å². The number of fused-ring (bicyclic) bond motifs is 4. The Labute approximate surface area is 199 Å². The van der Waals surface area contributed by atoms with Gasteiger partial charge in [0.1, 0.15) is 23.2 Å². The van der Waals surface area contributed by atoms with E-state index in [0.29, 0.717) is 47.6 Å². The number of hydrogen-bond donors (Lipinski definition) is 4. The minimum atomic E-state index is -0.940. The first-order valence-corrected chi connectivity index (χ1v) is 10.9. The topological polar surface area (TPSA) is 104 Å². The normalized spacial score (nSPS) is 14.6. The van der Waals surface area contributed by atoms with Gasteiger partial charge in [-0.05, 0) is 40.5 Å². The number of benzene rings is 3. The van der Waals surface area contributed by atoms with E-state index in [1.807, 2.05) is 30.3 Å². The number of rotatable bonds is 7. The summed E-state index contributed by atoms with van der Waals surface area (Å²) < 4.78 is 5.76. The summed E-state index contributed by atoms with van der Waals surface area (Å²) in [4.78, 5) is 12.1. The van der Waals surface area contributed by atoms with Crippen LogP contribution in [-0.4, -0.2) is 41.0 Å². The van der Waals surface area contributed by atoms with E-state index in [-0.39, 0.29) is 18.2 Å². The second-order valence-electron chi connectivity index (χ2n) is 8.07. The van der Waals surface area contributed by atoms with Crippen molar-refractivity contribution in [3.8, 4) is 17.2 Å². The third-order valence-electron chi connectivity index (χ3n) is 6.02. The van der Waals surface area contributed by atoms with Gasteiger partial charge in [0.2, 0.25) is 0 Å². The number of halogens is 1. The van der Waals surface area contributed by atoms with Gasteiger partial charge in [-0.25, -0.2) is 0 Å². The second-order valence-corrected chi connectivity index (χ2v) is 8.07. The molecule has 5 N–H and O–H groups in total. The number of ether oxygens (including phenoxy) is 1. The number of carbonyl (C=O) groups is 1. The highest BCUT2D eigenvalue weighted by Gasteiger charge is 2.28. The molecule has 0 saturated heterocycles. The third kappa shape index (κ3) is 5.59. The minimum Gasteiger partial charge on any atom is -1.00 e. The molecule has 0 spiro atoms. The van der Waals surface area contributed by atoms with Gasteiger partial charge in [0.05, 0.1) is 19.7 Å². The summed E-state index contributed by atoms with van der Waals surface area (Å²) in [5.74, 6) is -0.596. The SMILES string of the molecule is O=C(O)[C@@H]1c2ccc(cc2)OCCc2c1ccc(CC[NH2+]CCc1ccccc1O)c2O.[Cl-]. The number of quaternary nitrogens is 1. The van der Waals surface area contributed by atoms with E-state index in [4.69, 9.17) is 4.74 Å². The van der Waals surface area contributed by atoms with Crippen molar-refractivity contribution in [2.24, 2.45) is 0 Å². The molecule has 0 amide bonds. The number of phenolic OH excluding ortho intramolecular Hbond substituents is 2. The summed E-state index contributed by atoms with van der Waals surface area (Å²) in [6.45, 7) is 1.97. The molecule has 3 aromatic carbocycles. The largest absolute Gasteiger partial charge is 1.00 e. The van der Waals surface area contributed by atoms with E-state index >= 15 is 0 Å². The summed E-state index contributed by atoms with van der Waals surface area (Å²) in [5, 5.41) is 33.0. The quantitative estimate of drug-likeness (QED) is 0.353. The van der Waals surface area contributed by atoms with Gasteiger partial charge in [0.15, 0.2) is 0 Å². The summed E-state index contributed by atoms with van der Waals surface area (Å²) in [6, 6.07) is 18.1. The molecule has 1 atom stereocenters. The lowest BCUT2D eigenvalue weighted by Gasteiger charge is -2.22. The smallest absolute Gasteiger partial charge is 0.315 e. The van der Waals surface area contributed by atoms with E-state index in [0.717, 1.165) is 30.6 Å². The summed E-state index contributed by atoms with van der Waals surface area (Å²) in [5.41, 5.74) is 3.65. The molecule has 5 rings (SSSR count). The highest BCUT2D eigenvalue weighted by Crippen LogP contribution is 2.36. The Kier molecular flexibility index (Phi) is 8.20. The lowest BCUT2D eigenvalue weighted by Crippen LogP contribution is -3.00. The molecule has 0 aliphatic carbocycles. The molecule has 0 unspecified atom stereocenters. The molecule has 0 radical (unpaired) electrons. The standard InChI is InChI=1S/C26H27NO5.ClH/c28-23-4-2-1-3-17(23)11-14-27-15-12-19-7-10-21-22(25(19)29)13-16-32-20-8-5-18(6-9-20)24(21)26(30)31;/h1-10,24,27-29H,11-16H2,(H,30,31);1H/t24-;/m1./s1. The molecular formula is C26H28ClNO5. The predicted octanol–water partition coefficient (Wildman–Crippen LogP) is -0.398. The van der Waals surface area contributed by atoms with Crippen molar-refractivity contribution in [3.05, 3.63) is 88.5 Å². The number of phenols is 2. The van der Waals surface area contributed by atoms with Crippen LogP contribution in [0.3, 0.4) is 0 Å². The average Bonchev–Trinajstić information content (AvgIpc) is 2.79. The first kappa shape index (κ1) is 24.4. The lowest BCUT2D eigenvalue weighted by molar-refractivity contribution is -0.653. The van der Waals surface area contributed by atoms with Crippen LogP contribution in [0.2, 0.25) is 0 Å². The minimum absolute atomic E-state index is 0. The van der Waals surface area contributed by atoms with E-state index in [9.17, 15) is 20.1 Å². The van der Waals surface area contributed by atoms with Crippen molar-refractivity contribution < 1.29 is 42.6 Å². The van der Waals surface area contributed by atoms with Crippen LogP contribution in [0.15, 0.2) is 60.7 Å². The number of carboxylic acids is 1. The molecular weight excluding hydrogens is 442 g/mol. The second kappa shape index (κ2) is 11.1. The van der Waals surface area contributed by atoms with E-state index in [1.165, 1.54) is 0 Å². The molecule has 2 heterocycles. The molecule has 0 saturated carbocycles. The monoisotopic (exact) mass is 469 g/mol. The molecule has 2 bridgehead atoms. The van der Waals surface area contributed by atoms with Crippen molar-refractivity contribution in [2.45, 2.75) is 25.2 Å². The highest BCUT2D eigenvalue weighted by molar-refractivity contribution is 5.81. The summed E-state index contributed by atoms with van der Waals surface area (Å²) in [6.07, 6.45) is 1.86. The molecule has 0 aromatic heterocycles. The number of carboxylic acid groups (broad SMARTS) is 1. The van der Waals surface area contributed by atoms with Crippen molar-refractivity contribution in [1.29, 1.82) is 0 Å². The Morgan fingerprint density at radius 3 is 2.33 bits per heavy atom. The number of aliphatic carboxylic acids is 1. The Balaban J connectivity index is 0.00000306. The van der Waals surface area contributed by atoms with Crippen LogP contribution in [-0.2, 0) is 24.1 Å². The first-order chi connectivity index (χ1) is 15.5. The number of nitrogens with two attached hydrogens (primary N) is 1. The van der Waals surface area contributed by atoms with Gasteiger partial charge in [-0.2, -0.15) is 0 Å². The maximum atomic E-state index is 12.1. The molecule has 174 valence electrons. The van der Waals surface area contributed by atoms with Crippen LogP contribution >= 0.6 is 0 Å². The van der Waals surface area contributed by atoms with Gasteiger partial charge in [0, 0.05) is 24.8 Å². The Bertz CT molecular complexity index is 1100. The van der Waals surface area contributed by atoms with E-state index in [2.05, 4.69) is 5.32 Å². The van der Waals surface area contributed by atoms with Crippen LogP contribution in [0.1, 0.15) is 33.7 Å². The van der Waals surface area contributed by atoms with Gasteiger partial charge >= 0.3 is 5.97 Å². The van der Waals surface area contributed by atoms with Gasteiger partial charge < -0.3 is 37.8 Å². The predicted molar refractivity (Wildman–Crippen MR) is 120 cm³/mol. The molecule has 6 nitrogen and oxygen atoms in total. The number of hydrogen-bond acceptors (Lipinski definition) is 4. The third-order valence-corrected chi connectivity index (χ3v) is 6.02. The van der Waals surface area contributed by atoms with Gasteiger partial charge in [-0.3, -0.25) is 4.79 Å². The van der Waals surface area contributed by atoms with Gasteiger partial charge in [-0.1, -0.05) is 42.5 Å². The van der Waals surface area contributed by atoms with Crippen molar-refractivity contribution in [1.82, 2.24) is 0 Å². The Morgan fingerprint density at radius 2 is 1.64 bits per heavy atom.